The average molecular weight is 254 g/mol. The highest BCUT2D eigenvalue weighted by Gasteiger charge is 2.12. The quantitative estimate of drug-likeness (QED) is 0.719. The van der Waals surface area contributed by atoms with Crippen molar-refractivity contribution in [3.05, 3.63) is 53.6 Å². The van der Waals surface area contributed by atoms with Crippen LogP contribution in [0.3, 0.4) is 0 Å². The van der Waals surface area contributed by atoms with E-state index in [0.29, 0.717) is 0 Å². The van der Waals surface area contributed by atoms with Gasteiger partial charge in [0, 0.05) is 28.4 Å². The predicted molar refractivity (Wildman–Crippen MR) is 78.5 cm³/mol. The molecule has 1 unspecified atom stereocenters. The normalized spacial score (nSPS) is 12.8. The summed E-state index contributed by atoms with van der Waals surface area (Å²) in [4.78, 5) is 3.20. The highest BCUT2D eigenvalue weighted by Crippen LogP contribution is 2.26. The third-order valence-electron chi connectivity index (χ3n) is 3.48. The van der Waals surface area contributed by atoms with Crippen LogP contribution < -0.4 is 5.32 Å². The molecule has 2 heterocycles. The van der Waals surface area contributed by atoms with Crippen LogP contribution in [0.5, 0.6) is 0 Å². The summed E-state index contributed by atoms with van der Waals surface area (Å²) in [7, 11) is 0. The molecule has 0 aliphatic heterocycles. The van der Waals surface area contributed by atoms with Crippen molar-refractivity contribution < 1.29 is 4.42 Å². The van der Waals surface area contributed by atoms with Gasteiger partial charge >= 0.3 is 0 Å². The number of nitrogens with one attached hydrogen (secondary N) is 2. The molecule has 2 aromatic heterocycles. The summed E-state index contributed by atoms with van der Waals surface area (Å²) in [6, 6.07) is 10.8. The second-order valence-electron chi connectivity index (χ2n) is 5.01. The summed E-state index contributed by atoms with van der Waals surface area (Å²) in [5.41, 5.74) is 3.50. The van der Waals surface area contributed by atoms with Gasteiger partial charge in [0.25, 0.3) is 0 Å². The molecule has 0 saturated carbocycles. The smallest absolute Gasteiger partial charge is 0.106 e. The van der Waals surface area contributed by atoms with Gasteiger partial charge in [0.15, 0.2) is 0 Å². The van der Waals surface area contributed by atoms with Crippen molar-refractivity contribution in [1.29, 1.82) is 0 Å². The molecule has 0 aliphatic rings. The monoisotopic (exact) mass is 254 g/mol. The van der Waals surface area contributed by atoms with Crippen LogP contribution >= 0.6 is 0 Å². The zero-order chi connectivity index (χ0) is 13.4. The molecule has 0 fully saturated rings. The van der Waals surface area contributed by atoms with E-state index in [4.69, 9.17) is 4.42 Å². The van der Waals surface area contributed by atoms with Crippen molar-refractivity contribution in [2.24, 2.45) is 0 Å². The van der Waals surface area contributed by atoms with Crippen LogP contribution in [-0.4, -0.2) is 4.98 Å². The molecular formula is C16H18N2O. The Labute approximate surface area is 112 Å². The molecule has 0 aliphatic carbocycles. The number of rotatable bonds is 3. The van der Waals surface area contributed by atoms with E-state index in [9.17, 15) is 0 Å². The van der Waals surface area contributed by atoms with Crippen molar-refractivity contribution >= 4 is 16.6 Å². The third-order valence-corrected chi connectivity index (χ3v) is 3.48. The number of hydrogen-bond donors (Lipinski definition) is 2. The van der Waals surface area contributed by atoms with Gasteiger partial charge in [-0.05, 0) is 51.1 Å². The number of anilines is 1. The molecular weight excluding hydrogens is 236 g/mol. The number of benzene rings is 1. The molecule has 3 rings (SSSR count). The fraction of sp³-hybridized carbons (Fsp3) is 0.250. The minimum Gasteiger partial charge on any atom is -0.466 e. The Morgan fingerprint density at radius 1 is 1.16 bits per heavy atom. The standard InChI is InChI=1S/C16H18N2O/c1-10-8-15(12(3)19-10)11(2)18-14-4-5-16-13(9-14)6-7-17-16/h4-9,11,17-18H,1-3H3. The Bertz CT molecular complexity index is 708. The molecule has 1 atom stereocenters. The molecule has 19 heavy (non-hydrogen) atoms. The van der Waals surface area contributed by atoms with Crippen molar-refractivity contribution in [1.82, 2.24) is 4.98 Å². The van der Waals surface area contributed by atoms with Crippen LogP contribution in [0.25, 0.3) is 10.9 Å². The fourth-order valence-electron chi connectivity index (χ4n) is 2.55. The number of H-pyrrole nitrogens is 1. The van der Waals surface area contributed by atoms with Gasteiger partial charge in [-0.15, -0.1) is 0 Å². The van der Waals surface area contributed by atoms with Crippen molar-refractivity contribution in [2.75, 3.05) is 5.32 Å². The van der Waals surface area contributed by atoms with E-state index in [0.717, 1.165) is 22.7 Å². The maximum Gasteiger partial charge on any atom is 0.106 e. The summed E-state index contributed by atoms with van der Waals surface area (Å²) in [6.45, 7) is 6.14. The SMILES string of the molecule is Cc1cc(C(C)Nc2ccc3[nH]ccc3c2)c(C)o1. The summed E-state index contributed by atoms with van der Waals surface area (Å²) in [6.07, 6.45) is 1.96. The molecule has 0 amide bonds. The maximum atomic E-state index is 5.59. The number of fused-ring (bicyclic) bond motifs is 1. The zero-order valence-electron chi connectivity index (χ0n) is 11.4. The molecule has 1 aromatic carbocycles. The van der Waals surface area contributed by atoms with Crippen LogP contribution in [0.2, 0.25) is 0 Å². The van der Waals surface area contributed by atoms with Gasteiger partial charge < -0.3 is 14.7 Å². The van der Waals surface area contributed by atoms with Gasteiger partial charge in [-0.1, -0.05) is 0 Å². The number of hydrogen-bond acceptors (Lipinski definition) is 2. The Kier molecular flexibility index (Phi) is 2.82. The molecule has 98 valence electrons. The molecule has 0 bridgehead atoms. The zero-order valence-corrected chi connectivity index (χ0v) is 11.4. The molecule has 0 saturated heterocycles. The number of furan rings is 1. The Balaban J connectivity index is 1.85. The predicted octanol–water partition coefficient (Wildman–Crippen LogP) is 4.55. The molecule has 0 spiro atoms. The lowest BCUT2D eigenvalue weighted by molar-refractivity contribution is 0.500. The second-order valence-corrected chi connectivity index (χ2v) is 5.01. The van der Waals surface area contributed by atoms with Crippen molar-refractivity contribution in [3.63, 3.8) is 0 Å². The summed E-state index contributed by atoms with van der Waals surface area (Å²) >= 11 is 0. The minimum atomic E-state index is 0.230. The largest absolute Gasteiger partial charge is 0.466 e. The number of aromatic amines is 1. The van der Waals surface area contributed by atoms with Crippen molar-refractivity contribution in [3.8, 4) is 0 Å². The maximum absolute atomic E-state index is 5.59. The lowest BCUT2D eigenvalue weighted by Crippen LogP contribution is -2.06. The number of aromatic nitrogens is 1. The molecule has 0 radical (unpaired) electrons. The van der Waals surface area contributed by atoms with Gasteiger partial charge in [-0.3, -0.25) is 0 Å². The summed E-state index contributed by atoms with van der Waals surface area (Å²) in [5, 5.41) is 4.74. The lowest BCUT2D eigenvalue weighted by Gasteiger charge is -2.14. The van der Waals surface area contributed by atoms with E-state index < -0.39 is 0 Å². The van der Waals surface area contributed by atoms with Crippen LogP contribution in [0.15, 0.2) is 40.9 Å². The van der Waals surface area contributed by atoms with E-state index in [1.54, 1.807) is 0 Å². The molecule has 2 N–H and O–H groups in total. The van der Waals surface area contributed by atoms with Crippen LogP contribution in [0, 0.1) is 13.8 Å². The van der Waals surface area contributed by atoms with Gasteiger partial charge in [0.1, 0.15) is 11.5 Å². The second kappa shape index (κ2) is 4.50. The lowest BCUT2D eigenvalue weighted by atomic mass is 10.1. The highest BCUT2D eigenvalue weighted by atomic mass is 16.3. The third kappa shape index (κ3) is 2.24. The van der Waals surface area contributed by atoms with E-state index >= 15 is 0 Å². The van der Waals surface area contributed by atoms with Crippen LogP contribution in [0.1, 0.15) is 30.0 Å². The first kappa shape index (κ1) is 11.9. The van der Waals surface area contributed by atoms with Gasteiger partial charge in [0.2, 0.25) is 0 Å². The Hall–Kier alpha value is -2.16. The van der Waals surface area contributed by atoms with E-state index in [2.05, 4.69) is 47.6 Å². The van der Waals surface area contributed by atoms with E-state index in [1.807, 2.05) is 20.0 Å². The van der Waals surface area contributed by atoms with Crippen LogP contribution in [-0.2, 0) is 0 Å². The van der Waals surface area contributed by atoms with Gasteiger partial charge in [-0.25, -0.2) is 0 Å². The minimum absolute atomic E-state index is 0.230. The first-order valence-corrected chi connectivity index (χ1v) is 6.54. The molecule has 3 heteroatoms. The Morgan fingerprint density at radius 3 is 2.74 bits per heavy atom. The molecule has 3 aromatic rings. The molecule has 3 nitrogen and oxygen atoms in total. The van der Waals surface area contributed by atoms with Gasteiger partial charge in [0.05, 0.1) is 6.04 Å². The topological polar surface area (TPSA) is 41.0 Å². The van der Waals surface area contributed by atoms with E-state index in [-0.39, 0.29) is 6.04 Å². The summed E-state index contributed by atoms with van der Waals surface area (Å²) in [5.74, 6) is 1.95. The first-order valence-electron chi connectivity index (χ1n) is 6.54. The van der Waals surface area contributed by atoms with Crippen molar-refractivity contribution in [2.45, 2.75) is 26.8 Å². The summed E-state index contributed by atoms with van der Waals surface area (Å²) < 4.78 is 5.59. The highest BCUT2D eigenvalue weighted by molar-refractivity contribution is 5.83. The van der Waals surface area contributed by atoms with Gasteiger partial charge in [-0.2, -0.15) is 0 Å². The van der Waals surface area contributed by atoms with Crippen LogP contribution in [0.4, 0.5) is 5.69 Å². The van der Waals surface area contributed by atoms with E-state index in [1.165, 1.54) is 10.9 Å². The number of aryl methyl sites for hydroxylation is 2. The fourth-order valence-corrected chi connectivity index (χ4v) is 2.55. The first-order chi connectivity index (χ1) is 9.13. The average Bonchev–Trinajstić information content (AvgIpc) is 2.94. The Morgan fingerprint density at radius 2 is 2.00 bits per heavy atom.